The minimum absolute atomic E-state index is 0.0679. The maximum Gasteiger partial charge on any atom is 0.377 e. The Morgan fingerprint density at radius 2 is 1.60 bits per heavy atom. The van der Waals surface area contributed by atoms with Crippen LogP contribution in [0, 0.1) is 6.92 Å². The lowest BCUT2D eigenvalue weighted by Gasteiger charge is -2.37. The summed E-state index contributed by atoms with van der Waals surface area (Å²) in [6.07, 6.45) is -11.6. The van der Waals surface area contributed by atoms with Crippen LogP contribution in [-0.2, 0) is 23.7 Å². The Morgan fingerprint density at radius 3 is 2.17 bits per heavy atom. The Bertz CT molecular complexity index is 1020. The van der Waals surface area contributed by atoms with Gasteiger partial charge in [-0.25, -0.2) is 14.4 Å². The minimum atomic E-state index is -1.80. The number of cyclic esters (lactones) is 1. The molecule has 3 rings (SSSR count). The lowest BCUT2D eigenvalue weighted by Crippen LogP contribution is -2.58. The van der Waals surface area contributed by atoms with E-state index >= 15 is 0 Å². The Balaban J connectivity index is 1.61. The first-order valence-corrected chi connectivity index (χ1v) is 10.3. The molecule has 0 aliphatic carbocycles. The largest absolute Gasteiger partial charge is 0.505 e. The van der Waals surface area contributed by atoms with Gasteiger partial charge in [-0.2, -0.15) is 0 Å². The number of ether oxygens (including phenoxy) is 4. The number of esters is 3. The van der Waals surface area contributed by atoms with Gasteiger partial charge in [-0.1, -0.05) is 6.07 Å². The molecule has 7 N–H and O–H groups in total. The summed E-state index contributed by atoms with van der Waals surface area (Å²) in [5.74, 6) is -5.12. The fraction of sp³-hybridized carbons (Fsp3) is 0.476. The summed E-state index contributed by atoms with van der Waals surface area (Å²) >= 11 is 0. The highest BCUT2D eigenvalue weighted by molar-refractivity contribution is 5.98. The Hall–Kier alpha value is -3.27. The van der Waals surface area contributed by atoms with E-state index in [-0.39, 0.29) is 16.7 Å². The maximum absolute atomic E-state index is 12.5. The molecule has 7 atom stereocenters. The smallest absolute Gasteiger partial charge is 0.377 e. The number of benzene rings is 1. The molecule has 0 bridgehead atoms. The molecule has 0 amide bonds. The zero-order chi connectivity index (χ0) is 26.0. The molecule has 0 unspecified atom stereocenters. The zero-order valence-corrected chi connectivity index (χ0v) is 18.2. The minimum Gasteiger partial charge on any atom is -0.505 e. The van der Waals surface area contributed by atoms with Crippen LogP contribution < -0.4 is 0 Å². The molecule has 0 saturated carbocycles. The van der Waals surface area contributed by atoms with Gasteiger partial charge in [0.05, 0.1) is 11.1 Å². The second-order valence-corrected chi connectivity index (χ2v) is 7.84. The summed E-state index contributed by atoms with van der Waals surface area (Å²) in [6, 6.07) is 4.00. The molecule has 192 valence electrons. The van der Waals surface area contributed by atoms with E-state index < -0.39 is 85.6 Å². The van der Waals surface area contributed by atoms with Gasteiger partial charge in [0.2, 0.25) is 5.76 Å². The monoisotopic (exact) mass is 500 g/mol. The summed E-state index contributed by atoms with van der Waals surface area (Å²) in [5, 5.41) is 67.6. The molecule has 1 saturated heterocycles. The van der Waals surface area contributed by atoms with Gasteiger partial charge in [-0.3, -0.25) is 0 Å². The summed E-state index contributed by atoms with van der Waals surface area (Å²) < 4.78 is 19.5. The fourth-order valence-electron chi connectivity index (χ4n) is 3.44. The van der Waals surface area contributed by atoms with Crippen LogP contribution in [0.3, 0.4) is 0 Å². The number of carbonyl (C=O) groups excluding carboxylic acids is 3. The predicted molar refractivity (Wildman–Crippen MR) is 109 cm³/mol. The van der Waals surface area contributed by atoms with Crippen molar-refractivity contribution >= 4 is 17.9 Å². The van der Waals surface area contributed by atoms with Crippen molar-refractivity contribution in [2.75, 3.05) is 13.2 Å². The Morgan fingerprint density at radius 1 is 1.00 bits per heavy atom. The van der Waals surface area contributed by atoms with E-state index in [1.807, 2.05) is 0 Å². The first-order chi connectivity index (χ1) is 16.4. The first kappa shape index (κ1) is 26.3. The van der Waals surface area contributed by atoms with Gasteiger partial charge in [0, 0.05) is 0 Å². The van der Waals surface area contributed by atoms with Crippen molar-refractivity contribution in [3.05, 3.63) is 46.4 Å². The summed E-state index contributed by atoms with van der Waals surface area (Å²) in [4.78, 5) is 36.2. The second kappa shape index (κ2) is 10.6. The number of hydrogen-bond acceptors (Lipinski definition) is 14. The van der Waals surface area contributed by atoms with Crippen molar-refractivity contribution in [1.29, 1.82) is 0 Å². The Kier molecular flexibility index (Phi) is 7.94. The van der Waals surface area contributed by atoms with Crippen LogP contribution in [-0.4, -0.2) is 110 Å². The zero-order valence-electron chi connectivity index (χ0n) is 18.2. The Labute approximate surface area is 197 Å². The molecule has 2 aliphatic rings. The van der Waals surface area contributed by atoms with Crippen LogP contribution in [0.5, 0.6) is 0 Å². The van der Waals surface area contributed by atoms with Crippen molar-refractivity contribution in [2.45, 2.75) is 49.8 Å². The van der Waals surface area contributed by atoms with Crippen LogP contribution in [0.25, 0.3) is 0 Å². The lowest BCUT2D eigenvalue weighted by atomic mass is 9.99. The van der Waals surface area contributed by atoms with E-state index in [1.54, 1.807) is 0 Å². The maximum atomic E-state index is 12.5. The summed E-state index contributed by atoms with van der Waals surface area (Å²) in [7, 11) is 0. The van der Waals surface area contributed by atoms with E-state index in [2.05, 4.69) is 4.74 Å². The van der Waals surface area contributed by atoms with Crippen LogP contribution >= 0.6 is 0 Å². The van der Waals surface area contributed by atoms with E-state index in [1.165, 1.54) is 25.1 Å². The summed E-state index contributed by atoms with van der Waals surface area (Å²) in [6.45, 7) is 0.0888. The highest BCUT2D eigenvalue weighted by Gasteiger charge is 2.43. The molecule has 35 heavy (non-hydrogen) atoms. The highest BCUT2D eigenvalue weighted by atomic mass is 16.7. The van der Waals surface area contributed by atoms with Crippen molar-refractivity contribution in [3.8, 4) is 0 Å². The average molecular weight is 500 g/mol. The molecular formula is C21H24O14. The molecule has 2 heterocycles. The predicted octanol–water partition coefficient (Wildman–Crippen LogP) is -2.28. The van der Waals surface area contributed by atoms with Gasteiger partial charge in [0.15, 0.2) is 18.2 Å². The normalized spacial score (nSPS) is 29.5. The van der Waals surface area contributed by atoms with Crippen molar-refractivity contribution in [1.82, 2.24) is 0 Å². The van der Waals surface area contributed by atoms with Gasteiger partial charge < -0.3 is 54.7 Å². The van der Waals surface area contributed by atoms with Crippen LogP contribution in [0.1, 0.15) is 26.3 Å². The third-order valence-corrected chi connectivity index (χ3v) is 5.51. The van der Waals surface area contributed by atoms with E-state index in [0.29, 0.717) is 0 Å². The van der Waals surface area contributed by atoms with Gasteiger partial charge in [-0.15, -0.1) is 0 Å². The molecule has 1 aromatic rings. The highest BCUT2D eigenvalue weighted by Crippen LogP contribution is 2.23. The van der Waals surface area contributed by atoms with Crippen molar-refractivity contribution in [3.63, 3.8) is 0 Å². The van der Waals surface area contributed by atoms with E-state index in [4.69, 9.17) is 14.2 Å². The first-order valence-electron chi connectivity index (χ1n) is 10.3. The number of carbonyl (C=O) groups is 3. The molecule has 1 fully saturated rings. The van der Waals surface area contributed by atoms with Gasteiger partial charge in [0.25, 0.3) is 0 Å². The van der Waals surface area contributed by atoms with Crippen LogP contribution in [0.15, 0.2) is 29.7 Å². The van der Waals surface area contributed by atoms with E-state index in [0.717, 1.165) is 0 Å². The molecule has 14 heteroatoms. The van der Waals surface area contributed by atoms with Crippen LogP contribution in [0.2, 0.25) is 0 Å². The quantitative estimate of drug-likeness (QED) is 0.155. The summed E-state index contributed by atoms with van der Waals surface area (Å²) in [5.41, 5.74) is -0.0208. The average Bonchev–Trinajstić information content (AvgIpc) is 3.09. The van der Waals surface area contributed by atoms with Gasteiger partial charge in [-0.05, 0) is 24.6 Å². The molecule has 0 spiro atoms. The standard InChI is InChI=1S/C21H24O14/c1-7-8(18(28)32-5-10(22)17-14(25)16(27)21(31)35-17)3-2-4-9(7)19(29)33-6-11-12(23)13(24)15(26)20(30)34-11/h2-4,10-13,15,17,20,22-27,30H,5-6H2,1H3/t10-,11+,12+,13-,15+,17+,20-/m0/s1. The van der Waals surface area contributed by atoms with Crippen LogP contribution in [0.4, 0.5) is 0 Å². The van der Waals surface area contributed by atoms with E-state index in [9.17, 15) is 50.1 Å². The lowest BCUT2D eigenvalue weighted by molar-refractivity contribution is -0.286. The molecule has 2 aliphatic heterocycles. The molecule has 14 nitrogen and oxygen atoms in total. The third-order valence-electron chi connectivity index (χ3n) is 5.51. The number of aliphatic hydroxyl groups is 7. The van der Waals surface area contributed by atoms with Crippen molar-refractivity contribution < 1.29 is 69.1 Å². The molecule has 0 aromatic heterocycles. The molecule has 0 radical (unpaired) electrons. The number of aliphatic hydroxyl groups excluding tert-OH is 7. The fourth-order valence-corrected chi connectivity index (χ4v) is 3.44. The topological polar surface area (TPSA) is 230 Å². The van der Waals surface area contributed by atoms with Gasteiger partial charge in [0.1, 0.15) is 43.7 Å². The molecule has 1 aromatic carbocycles. The van der Waals surface area contributed by atoms with Gasteiger partial charge >= 0.3 is 17.9 Å². The number of rotatable bonds is 7. The SMILES string of the molecule is Cc1c(C(=O)OC[C@H](O)[C@H]2OC(=O)C(O)=C2O)cccc1C(=O)OC[C@H]1O[C@H](O)[C@H](O)[C@@H](O)[C@@H]1O. The number of hydrogen-bond donors (Lipinski definition) is 7. The molecular weight excluding hydrogens is 476 g/mol. The third kappa shape index (κ3) is 5.37. The van der Waals surface area contributed by atoms with Crippen molar-refractivity contribution in [2.24, 2.45) is 0 Å². The second-order valence-electron chi connectivity index (χ2n) is 7.84.